The number of nitrogens with one attached hydrogen (secondary N) is 1. The van der Waals surface area contributed by atoms with Crippen molar-refractivity contribution in [2.75, 3.05) is 13.1 Å². The maximum Gasteiger partial charge on any atom is 0.166 e. The van der Waals surface area contributed by atoms with E-state index in [1.54, 1.807) is 4.90 Å². The van der Waals surface area contributed by atoms with Gasteiger partial charge in [-0.1, -0.05) is 60.7 Å². The number of piperidine rings is 3. The van der Waals surface area contributed by atoms with Crippen LogP contribution in [0.1, 0.15) is 30.4 Å². The number of aliphatic hydroxyl groups is 1. The number of hydrogen-bond acceptors (Lipinski definition) is 1. The third kappa shape index (κ3) is 2.18. The maximum absolute atomic E-state index is 11.9. The van der Waals surface area contributed by atoms with Crippen molar-refractivity contribution in [3.8, 4) is 0 Å². The van der Waals surface area contributed by atoms with Crippen molar-refractivity contribution in [1.82, 2.24) is 0 Å². The third-order valence-corrected chi connectivity index (χ3v) is 5.74. The van der Waals surface area contributed by atoms with Gasteiger partial charge in [0.2, 0.25) is 0 Å². The van der Waals surface area contributed by atoms with Crippen LogP contribution >= 0.6 is 0 Å². The highest BCUT2D eigenvalue weighted by molar-refractivity contribution is 5.37. The van der Waals surface area contributed by atoms with Gasteiger partial charge in [0.25, 0.3) is 0 Å². The van der Waals surface area contributed by atoms with Gasteiger partial charge in [0.15, 0.2) is 5.60 Å². The Labute approximate surface area is 132 Å². The van der Waals surface area contributed by atoms with Crippen molar-refractivity contribution < 1.29 is 10.0 Å². The molecule has 2 heteroatoms. The first-order valence-corrected chi connectivity index (χ1v) is 8.46. The lowest BCUT2D eigenvalue weighted by Gasteiger charge is -2.49. The second kappa shape index (κ2) is 5.53. The Kier molecular flexibility index (Phi) is 3.51. The highest BCUT2D eigenvalue weighted by Crippen LogP contribution is 2.37. The van der Waals surface area contributed by atoms with Gasteiger partial charge in [-0.2, -0.15) is 0 Å². The van der Waals surface area contributed by atoms with Crippen LogP contribution in [0.4, 0.5) is 0 Å². The minimum atomic E-state index is -0.878. The molecule has 3 saturated heterocycles. The summed E-state index contributed by atoms with van der Waals surface area (Å²) in [5.41, 5.74) is 1.19. The van der Waals surface area contributed by atoms with Crippen molar-refractivity contribution >= 4 is 0 Å². The second-order valence-corrected chi connectivity index (χ2v) is 6.89. The summed E-state index contributed by atoms with van der Waals surface area (Å²) in [6, 6.07) is 20.8. The molecule has 3 heterocycles. The molecule has 0 spiro atoms. The van der Waals surface area contributed by atoms with Crippen LogP contribution in [0.25, 0.3) is 0 Å². The van der Waals surface area contributed by atoms with Gasteiger partial charge in [0.05, 0.1) is 13.1 Å². The average molecular weight is 294 g/mol. The van der Waals surface area contributed by atoms with Crippen LogP contribution in [-0.4, -0.2) is 24.2 Å². The summed E-state index contributed by atoms with van der Waals surface area (Å²) in [6.07, 6.45) is 3.78. The van der Waals surface area contributed by atoms with E-state index in [2.05, 4.69) is 24.3 Å². The predicted octanol–water partition coefficient (Wildman–Crippen LogP) is 1.99. The molecule has 3 aliphatic heterocycles. The fourth-order valence-electron chi connectivity index (χ4n) is 4.55. The highest BCUT2D eigenvalue weighted by atomic mass is 16.3. The summed E-state index contributed by atoms with van der Waals surface area (Å²) >= 11 is 0. The molecular formula is C20H24NO+. The lowest BCUT2D eigenvalue weighted by atomic mass is 9.71. The molecule has 3 aliphatic rings. The quantitative estimate of drug-likeness (QED) is 0.889. The van der Waals surface area contributed by atoms with Crippen LogP contribution in [-0.2, 0) is 5.60 Å². The average Bonchev–Trinajstić information content (AvgIpc) is 2.63. The molecule has 22 heavy (non-hydrogen) atoms. The lowest BCUT2D eigenvalue weighted by Crippen LogP contribution is -3.20. The normalized spacial score (nSPS) is 27.8. The summed E-state index contributed by atoms with van der Waals surface area (Å²) in [4.78, 5) is 1.58. The molecule has 1 atom stereocenters. The molecule has 114 valence electrons. The molecule has 0 aliphatic carbocycles. The van der Waals surface area contributed by atoms with E-state index in [1.807, 2.05) is 36.4 Å². The Balaban J connectivity index is 1.82. The summed E-state index contributed by atoms with van der Waals surface area (Å²) in [5, 5.41) is 11.9. The Morgan fingerprint density at radius 2 is 1.32 bits per heavy atom. The number of fused-ring (bicyclic) bond motifs is 3. The Hall–Kier alpha value is -1.64. The molecule has 0 saturated carbocycles. The zero-order chi connectivity index (χ0) is 15.0. The van der Waals surface area contributed by atoms with Crippen LogP contribution in [0.5, 0.6) is 0 Å². The SMILES string of the molecule is OC(c1ccccc1)(c1ccccc1)[C@@H]1CC2CC[NH+]1CC2. The largest absolute Gasteiger partial charge is 0.374 e. The molecule has 5 rings (SSSR count). The molecule has 0 unspecified atom stereocenters. The fraction of sp³-hybridized carbons (Fsp3) is 0.400. The first-order valence-electron chi connectivity index (χ1n) is 8.46. The second-order valence-electron chi connectivity index (χ2n) is 6.89. The van der Waals surface area contributed by atoms with E-state index >= 15 is 0 Å². The van der Waals surface area contributed by atoms with E-state index in [9.17, 15) is 5.11 Å². The van der Waals surface area contributed by atoms with Crippen LogP contribution < -0.4 is 4.90 Å². The van der Waals surface area contributed by atoms with E-state index in [-0.39, 0.29) is 6.04 Å². The van der Waals surface area contributed by atoms with E-state index in [0.717, 1.165) is 23.5 Å². The van der Waals surface area contributed by atoms with Gasteiger partial charge < -0.3 is 10.0 Å². The molecule has 0 radical (unpaired) electrons. The summed E-state index contributed by atoms with van der Waals surface area (Å²) in [5.74, 6) is 0.793. The van der Waals surface area contributed by atoms with Gasteiger partial charge in [-0.3, -0.25) is 0 Å². The minimum Gasteiger partial charge on any atom is -0.374 e. The highest BCUT2D eigenvalue weighted by Gasteiger charge is 2.51. The molecule has 2 bridgehead atoms. The van der Waals surface area contributed by atoms with Gasteiger partial charge in [-0.25, -0.2) is 0 Å². The van der Waals surface area contributed by atoms with Crippen LogP contribution in [0.3, 0.4) is 0 Å². The fourth-order valence-corrected chi connectivity index (χ4v) is 4.55. The van der Waals surface area contributed by atoms with Gasteiger partial charge in [0, 0.05) is 6.42 Å². The van der Waals surface area contributed by atoms with Crippen molar-refractivity contribution in [2.45, 2.75) is 30.9 Å². The van der Waals surface area contributed by atoms with Crippen molar-refractivity contribution in [2.24, 2.45) is 5.92 Å². The number of rotatable bonds is 3. The molecule has 0 aromatic heterocycles. The van der Waals surface area contributed by atoms with Crippen molar-refractivity contribution in [3.63, 3.8) is 0 Å². The monoisotopic (exact) mass is 294 g/mol. The molecule has 2 aromatic rings. The van der Waals surface area contributed by atoms with E-state index in [0.29, 0.717) is 0 Å². The summed E-state index contributed by atoms with van der Waals surface area (Å²) < 4.78 is 0. The van der Waals surface area contributed by atoms with E-state index in [1.165, 1.54) is 25.9 Å². The lowest BCUT2D eigenvalue weighted by molar-refractivity contribution is -0.949. The Morgan fingerprint density at radius 3 is 1.73 bits per heavy atom. The number of benzene rings is 2. The molecule has 2 aromatic carbocycles. The van der Waals surface area contributed by atoms with Gasteiger partial charge in [0.1, 0.15) is 6.04 Å². The van der Waals surface area contributed by atoms with Crippen molar-refractivity contribution in [1.29, 1.82) is 0 Å². The maximum atomic E-state index is 11.9. The topological polar surface area (TPSA) is 24.7 Å². The molecule has 2 N–H and O–H groups in total. The first-order chi connectivity index (χ1) is 10.8. The Morgan fingerprint density at radius 1 is 0.818 bits per heavy atom. The van der Waals surface area contributed by atoms with Crippen molar-refractivity contribution in [3.05, 3.63) is 71.8 Å². The Bertz CT molecular complexity index is 577. The summed E-state index contributed by atoms with van der Waals surface area (Å²) in [6.45, 7) is 2.41. The first kappa shape index (κ1) is 14.0. The zero-order valence-corrected chi connectivity index (χ0v) is 12.9. The molecule has 3 fully saturated rings. The van der Waals surface area contributed by atoms with E-state index in [4.69, 9.17) is 0 Å². The summed E-state index contributed by atoms with van der Waals surface area (Å²) in [7, 11) is 0. The number of quaternary nitrogens is 1. The van der Waals surface area contributed by atoms with E-state index < -0.39 is 5.60 Å². The van der Waals surface area contributed by atoms with Crippen LogP contribution in [0.2, 0.25) is 0 Å². The predicted molar refractivity (Wildman–Crippen MR) is 87.7 cm³/mol. The molecule has 0 amide bonds. The van der Waals surface area contributed by atoms with Gasteiger partial charge >= 0.3 is 0 Å². The molecular weight excluding hydrogens is 270 g/mol. The third-order valence-electron chi connectivity index (χ3n) is 5.74. The molecule has 2 nitrogen and oxygen atoms in total. The smallest absolute Gasteiger partial charge is 0.166 e. The minimum absolute atomic E-state index is 0.268. The van der Waals surface area contributed by atoms with Crippen LogP contribution in [0.15, 0.2) is 60.7 Å². The van der Waals surface area contributed by atoms with Gasteiger partial charge in [-0.15, -0.1) is 0 Å². The number of hydrogen-bond donors (Lipinski definition) is 2. The standard InChI is InChI=1S/C20H23NO/c22-20(17-7-3-1-4-8-17,18-9-5-2-6-10-18)19-15-16-11-13-21(19)14-12-16/h1-10,16,19,22H,11-15H2/p+1/t19-/m0/s1. The van der Waals surface area contributed by atoms with Gasteiger partial charge in [-0.05, 0) is 29.9 Å². The zero-order valence-electron chi connectivity index (χ0n) is 12.9. The van der Waals surface area contributed by atoms with Crippen LogP contribution in [0, 0.1) is 5.92 Å².